The van der Waals surface area contributed by atoms with E-state index in [1.807, 2.05) is 20.8 Å². The number of rotatable bonds is 6. The van der Waals surface area contributed by atoms with Crippen molar-refractivity contribution in [3.05, 3.63) is 18.5 Å². The van der Waals surface area contributed by atoms with Crippen molar-refractivity contribution in [2.24, 2.45) is 0 Å². The maximum absolute atomic E-state index is 12.7. The van der Waals surface area contributed by atoms with E-state index in [9.17, 15) is 8.42 Å². The van der Waals surface area contributed by atoms with Crippen LogP contribution in [0.25, 0.3) is 0 Å². The van der Waals surface area contributed by atoms with Crippen LogP contribution in [0.5, 0.6) is 0 Å². The molecule has 0 saturated carbocycles. The second-order valence-electron chi connectivity index (χ2n) is 5.58. The third-order valence-electron chi connectivity index (χ3n) is 3.89. The highest BCUT2D eigenvalue weighted by Gasteiger charge is 2.41. The Hall–Kier alpha value is -1.18. The van der Waals surface area contributed by atoms with Crippen molar-refractivity contribution in [1.82, 2.24) is 9.71 Å². The average molecular weight is 313 g/mol. The van der Waals surface area contributed by atoms with Crippen LogP contribution >= 0.6 is 0 Å². The molecule has 0 bridgehead atoms. The first-order valence-electron chi connectivity index (χ1n) is 7.22. The summed E-state index contributed by atoms with van der Waals surface area (Å²) in [5, 5.41) is 3.13. The standard InChI is InChI=1S/C14H23N3O3S/c1-4-7-16-12-5-8-15-10-13(12)21(18,19)17-14(3)6-9-20-11(14)2/h5,8,10-11,17H,4,6-7,9H2,1-3H3,(H,15,16). The van der Waals surface area contributed by atoms with Gasteiger partial charge in [0.2, 0.25) is 10.0 Å². The van der Waals surface area contributed by atoms with Gasteiger partial charge in [-0.3, -0.25) is 4.98 Å². The summed E-state index contributed by atoms with van der Waals surface area (Å²) in [7, 11) is -3.65. The lowest BCUT2D eigenvalue weighted by Gasteiger charge is -2.28. The summed E-state index contributed by atoms with van der Waals surface area (Å²) in [5.41, 5.74) is -0.00835. The fraction of sp³-hybridized carbons (Fsp3) is 0.643. The number of nitrogens with one attached hydrogen (secondary N) is 2. The molecule has 0 aromatic carbocycles. The highest BCUT2D eigenvalue weighted by molar-refractivity contribution is 7.89. The van der Waals surface area contributed by atoms with Gasteiger partial charge >= 0.3 is 0 Å². The summed E-state index contributed by atoms with van der Waals surface area (Å²) in [5.74, 6) is 0. The maximum Gasteiger partial charge on any atom is 0.244 e. The van der Waals surface area contributed by atoms with Crippen molar-refractivity contribution in [1.29, 1.82) is 0 Å². The summed E-state index contributed by atoms with van der Waals surface area (Å²) in [6.07, 6.45) is 4.38. The minimum absolute atomic E-state index is 0.156. The minimum atomic E-state index is -3.65. The molecule has 1 aliphatic heterocycles. The van der Waals surface area contributed by atoms with Crippen molar-refractivity contribution in [2.75, 3.05) is 18.5 Å². The van der Waals surface area contributed by atoms with Crippen LogP contribution in [-0.4, -0.2) is 38.2 Å². The maximum atomic E-state index is 12.7. The smallest absolute Gasteiger partial charge is 0.244 e. The number of pyridine rings is 1. The molecule has 1 aromatic rings. The molecule has 0 amide bonds. The predicted octanol–water partition coefficient (Wildman–Crippen LogP) is 1.75. The summed E-state index contributed by atoms with van der Waals surface area (Å²) in [4.78, 5) is 4.13. The average Bonchev–Trinajstić information content (AvgIpc) is 2.75. The Bertz CT molecular complexity index is 591. The monoisotopic (exact) mass is 313 g/mol. The molecule has 2 heterocycles. The van der Waals surface area contributed by atoms with Gasteiger partial charge in [-0.1, -0.05) is 6.92 Å². The van der Waals surface area contributed by atoms with Crippen LogP contribution in [0.15, 0.2) is 23.4 Å². The second-order valence-corrected chi connectivity index (χ2v) is 7.24. The molecular weight excluding hydrogens is 290 g/mol. The Kier molecular flexibility index (Phi) is 4.85. The lowest BCUT2D eigenvalue weighted by atomic mass is 9.97. The number of hydrogen-bond donors (Lipinski definition) is 2. The van der Waals surface area contributed by atoms with Crippen LogP contribution in [0, 0.1) is 0 Å². The molecule has 0 spiro atoms. The van der Waals surface area contributed by atoms with Crippen molar-refractivity contribution >= 4 is 15.7 Å². The van der Waals surface area contributed by atoms with Gasteiger partial charge in [-0.2, -0.15) is 0 Å². The third-order valence-corrected chi connectivity index (χ3v) is 5.53. The first-order chi connectivity index (χ1) is 9.89. The largest absolute Gasteiger partial charge is 0.384 e. The van der Waals surface area contributed by atoms with Crippen molar-refractivity contribution in [3.63, 3.8) is 0 Å². The van der Waals surface area contributed by atoms with E-state index in [4.69, 9.17) is 4.74 Å². The number of anilines is 1. The van der Waals surface area contributed by atoms with Crippen LogP contribution < -0.4 is 10.0 Å². The van der Waals surface area contributed by atoms with Crippen LogP contribution in [0.1, 0.15) is 33.6 Å². The van der Waals surface area contributed by atoms with Crippen LogP contribution in [-0.2, 0) is 14.8 Å². The van der Waals surface area contributed by atoms with Gasteiger partial charge in [0.1, 0.15) is 4.90 Å². The Labute approximate surface area is 126 Å². The molecule has 1 aromatic heterocycles. The van der Waals surface area contributed by atoms with E-state index in [0.717, 1.165) is 6.42 Å². The lowest BCUT2D eigenvalue weighted by molar-refractivity contribution is 0.0957. The highest BCUT2D eigenvalue weighted by atomic mass is 32.2. The van der Waals surface area contributed by atoms with Gasteiger partial charge < -0.3 is 10.1 Å². The second kappa shape index (κ2) is 6.29. The van der Waals surface area contributed by atoms with Gasteiger partial charge in [0, 0.05) is 25.5 Å². The predicted molar refractivity (Wildman–Crippen MR) is 81.8 cm³/mol. The first-order valence-corrected chi connectivity index (χ1v) is 8.71. The molecule has 1 fully saturated rings. The number of nitrogens with zero attached hydrogens (tertiary/aromatic N) is 1. The Morgan fingerprint density at radius 1 is 1.52 bits per heavy atom. The van der Waals surface area contributed by atoms with Gasteiger partial charge in [0.15, 0.2) is 0 Å². The molecule has 21 heavy (non-hydrogen) atoms. The molecule has 1 aliphatic rings. The normalized spacial score (nSPS) is 26.0. The summed E-state index contributed by atoms with van der Waals surface area (Å²) in [6, 6.07) is 1.68. The first kappa shape index (κ1) is 16.2. The zero-order valence-corrected chi connectivity index (χ0v) is 13.5. The van der Waals surface area contributed by atoms with Crippen LogP contribution in [0.4, 0.5) is 5.69 Å². The van der Waals surface area contributed by atoms with E-state index in [-0.39, 0.29) is 11.0 Å². The summed E-state index contributed by atoms with van der Waals surface area (Å²) >= 11 is 0. The van der Waals surface area contributed by atoms with E-state index in [1.54, 1.807) is 12.3 Å². The SMILES string of the molecule is CCCNc1ccncc1S(=O)(=O)NC1(C)CCOC1C. The number of sulfonamides is 1. The van der Waals surface area contributed by atoms with Crippen molar-refractivity contribution in [2.45, 2.75) is 50.2 Å². The topological polar surface area (TPSA) is 80.3 Å². The van der Waals surface area contributed by atoms with Crippen LogP contribution in [0.2, 0.25) is 0 Å². The zero-order chi connectivity index (χ0) is 15.5. The Morgan fingerprint density at radius 3 is 2.90 bits per heavy atom. The Balaban J connectivity index is 2.27. The van der Waals surface area contributed by atoms with Gasteiger partial charge in [-0.25, -0.2) is 13.1 Å². The zero-order valence-electron chi connectivity index (χ0n) is 12.7. The molecule has 2 atom stereocenters. The summed E-state index contributed by atoms with van der Waals surface area (Å²) < 4.78 is 33.6. The van der Waals surface area contributed by atoms with E-state index in [2.05, 4.69) is 15.0 Å². The third kappa shape index (κ3) is 3.53. The number of hydrogen-bond acceptors (Lipinski definition) is 5. The molecule has 1 saturated heterocycles. The molecule has 7 heteroatoms. The highest BCUT2D eigenvalue weighted by Crippen LogP contribution is 2.29. The van der Waals surface area contributed by atoms with Gasteiger partial charge in [0.25, 0.3) is 0 Å². The molecular formula is C14H23N3O3S. The molecule has 0 aliphatic carbocycles. The molecule has 2 unspecified atom stereocenters. The van der Waals surface area contributed by atoms with E-state index in [1.165, 1.54) is 6.20 Å². The number of aromatic nitrogens is 1. The minimum Gasteiger partial charge on any atom is -0.384 e. The molecule has 0 radical (unpaired) electrons. The quantitative estimate of drug-likeness (QED) is 0.836. The van der Waals surface area contributed by atoms with Crippen molar-refractivity contribution < 1.29 is 13.2 Å². The van der Waals surface area contributed by atoms with Gasteiger partial charge in [-0.05, 0) is 32.8 Å². The molecule has 118 valence electrons. The molecule has 2 N–H and O–H groups in total. The van der Waals surface area contributed by atoms with Gasteiger partial charge in [0.05, 0.1) is 17.3 Å². The van der Waals surface area contributed by atoms with Crippen LogP contribution in [0.3, 0.4) is 0 Å². The van der Waals surface area contributed by atoms with Gasteiger partial charge in [-0.15, -0.1) is 0 Å². The summed E-state index contributed by atoms with van der Waals surface area (Å²) in [6.45, 7) is 7.06. The van der Waals surface area contributed by atoms with E-state index in [0.29, 0.717) is 25.3 Å². The molecule has 6 nitrogen and oxygen atoms in total. The fourth-order valence-corrected chi connectivity index (χ4v) is 3.95. The van der Waals surface area contributed by atoms with E-state index < -0.39 is 15.6 Å². The van der Waals surface area contributed by atoms with Crippen molar-refractivity contribution in [3.8, 4) is 0 Å². The van der Waals surface area contributed by atoms with E-state index >= 15 is 0 Å². The Morgan fingerprint density at radius 2 is 2.29 bits per heavy atom. The fourth-order valence-electron chi connectivity index (χ4n) is 2.33. The number of ether oxygens (including phenoxy) is 1. The lowest BCUT2D eigenvalue weighted by Crippen LogP contribution is -2.50. The molecule has 2 rings (SSSR count).